The van der Waals surface area contributed by atoms with Gasteiger partial charge in [0.2, 0.25) is 5.95 Å². The number of hydrogen-bond acceptors (Lipinski definition) is 7. The Balaban J connectivity index is 1.35. The predicted molar refractivity (Wildman–Crippen MR) is 136 cm³/mol. The van der Waals surface area contributed by atoms with Crippen molar-refractivity contribution < 1.29 is 4.79 Å². The first-order valence-electron chi connectivity index (χ1n) is 11.3. The van der Waals surface area contributed by atoms with E-state index in [0.717, 1.165) is 49.4 Å². The van der Waals surface area contributed by atoms with Crippen LogP contribution in [0.25, 0.3) is 0 Å². The molecule has 4 N–H and O–H groups in total. The molecule has 3 heterocycles. The van der Waals surface area contributed by atoms with E-state index >= 15 is 0 Å². The van der Waals surface area contributed by atoms with Crippen molar-refractivity contribution in [3.63, 3.8) is 0 Å². The summed E-state index contributed by atoms with van der Waals surface area (Å²) < 4.78 is 0. The standard InChI is InChI=1S/C25H30ClN7O/c1-16(26)4-5-17(2)29-25-28-13-20-14-32(15-23(20)30-25)22-10-11-33(18(3)12-22)24(34)19-6-8-21(31-27)9-7-19/h4-9,13,18,22,31H,1-2,10-12,14-15,27H2,3H3,(H,28,29,30)/b5-4-/t18-,22-/m1/s1. The lowest BCUT2D eigenvalue weighted by atomic mass is 9.96. The summed E-state index contributed by atoms with van der Waals surface area (Å²) in [7, 11) is 0. The Bertz CT molecular complexity index is 1110. The summed E-state index contributed by atoms with van der Waals surface area (Å²) in [4.78, 5) is 26.6. The number of carbonyl (C=O) groups excluding carboxylic acids is 1. The lowest BCUT2D eigenvalue weighted by Crippen LogP contribution is -2.50. The van der Waals surface area contributed by atoms with Crippen LogP contribution in [0, 0.1) is 0 Å². The number of allylic oxidation sites excluding steroid dienone is 3. The zero-order valence-electron chi connectivity index (χ0n) is 19.3. The first kappa shape index (κ1) is 23.9. The van der Waals surface area contributed by atoms with Crippen molar-refractivity contribution in [1.29, 1.82) is 0 Å². The number of likely N-dealkylation sites (tertiary alicyclic amines) is 1. The molecule has 1 amide bonds. The van der Waals surface area contributed by atoms with Gasteiger partial charge >= 0.3 is 0 Å². The number of nitrogens with one attached hydrogen (secondary N) is 2. The van der Waals surface area contributed by atoms with Crippen LogP contribution in [-0.2, 0) is 13.1 Å². The number of aromatic nitrogens is 2. The zero-order valence-corrected chi connectivity index (χ0v) is 20.1. The van der Waals surface area contributed by atoms with Gasteiger partial charge in [0.15, 0.2) is 0 Å². The summed E-state index contributed by atoms with van der Waals surface area (Å²) in [6.07, 6.45) is 7.12. The van der Waals surface area contributed by atoms with Gasteiger partial charge in [0.1, 0.15) is 0 Å². The highest BCUT2D eigenvalue weighted by atomic mass is 35.5. The highest BCUT2D eigenvalue weighted by molar-refractivity contribution is 6.30. The van der Waals surface area contributed by atoms with E-state index in [0.29, 0.717) is 28.3 Å². The number of fused-ring (bicyclic) bond motifs is 1. The fourth-order valence-corrected chi connectivity index (χ4v) is 4.59. The SMILES string of the molecule is C=C(Cl)/C=C\C(=C)Nc1ncc2c(n1)CN([C@@H]1CCN(C(=O)c3ccc(NN)cc3)[C@H](C)C1)C2. The van der Waals surface area contributed by atoms with E-state index in [4.69, 9.17) is 17.4 Å². The number of anilines is 2. The molecule has 9 heteroatoms. The van der Waals surface area contributed by atoms with Crippen LogP contribution in [0.4, 0.5) is 11.6 Å². The summed E-state index contributed by atoms with van der Waals surface area (Å²) in [6, 6.07) is 7.80. The fourth-order valence-electron chi connectivity index (χ4n) is 4.53. The first-order chi connectivity index (χ1) is 16.3. The van der Waals surface area contributed by atoms with Crippen LogP contribution in [0.3, 0.4) is 0 Å². The van der Waals surface area contributed by atoms with Crippen molar-refractivity contribution in [2.75, 3.05) is 17.3 Å². The van der Waals surface area contributed by atoms with Gasteiger partial charge in [-0.1, -0.05) is 24.8 Å². The van der Waals surface area contributed by atoms with Gasteiger partial charge in [-0.25, -0.2) is 9.97 Å². The molecule has 1 aromatic heterocycles. The number of rotatable bonds is 7. The van der Waals surface area contributed by atoms with Crippen LogP contribution in [0.5, 0.6) is 0 Å². The normalized spacial score (nSPS) is 20.3. The lowest BCUT2D eigenvalue weighted by Gasteiger charge is -2.41. The number of nitrogen functional groups attached to an aromatic ring is 1. The molecular formula is C25H30ClN7O. The van der Waals surface area contributed by atoms with Crippen molar-refractivity contribution in [1.82, 2.24) is 19.8 Å². The van der Waals surface area contributed by atoms with Gasteiger partial charge in [0.05, 0.1) is 5.69 Å². The number of benzene rings is 1. The van der Waals surface area contributed by atoms with Crippen LogP contribution >= 0.6 is 11.6 Å². The van der Waals surface area contributed by atoms with E-state index in [-0.39, 0.29) is 11.9 Å². The van der Waals surface area contributed by atoms with Gasteiger partial charge in [-0.3, -0.25) is 15.5 Å². The lowest BCUT2D eigenvalue weighted by molar-refractivity contribution is 0.0460. The molecule has 1 fully saturated rings. The second-order valence-corrected chi connectivity index (χ2v) is 9.23. The van der Waals surface area contributed by atoms with Crippen LogP contribution in [-0.4, -0.2) is 44.3 Å². The van der Waals surface area contributed by atoms with Crippen molar-refractivity contribution in [3.8, 4) is 0 Å². The van der Waals surface area contributed by atoms with E-state index in [2.05, 4.69) is 45.7 Å². The third-order valence-corrected chi connectivity index (χ3v) is 6.47. The average Bonchev–Trinajstić information content (AvgIpc) is 3.26. The highest BCUT2D eigenvalue weighted by Crippen LogP contribution is 2.30. The topological polar surface area (TPSA) is 99.4 Å². The van der Waals surface area contributed by atoms with E-state index in [1.165, 1.54) is 0 Å². The predicted octanol–water partition coefficient (Wildman–Crippen LogP) is 4.01. The quantitative estimate of drug-likeness (QED) is 0.313. The molecule has 1 saturated heterocycles. The fraction of sp³-hybridized carbons (Fsp3) is 0.320. The van der Waals surface area contributed by atoms with Crippen molar-refractivity contribution in [3.05, 3.63) is 83.3 Å². The summed E-state index contributed by atoms with van der Waals surface area (Å²) >= 11 is 5.76. The van der Waals surface area contributed by atoms with Gasteiger partial charge in [-0.2, -0.15) is 0 Å². The number of amides is 1. The summed E-state index contributed by atoms with van der Waals surface area (Å²) in [5.74, 6) is 6.00. The van der Waals surface area contributed by atoms with E-state index in [9.17, 15) is 4.79 Å². The molecule has 2 aliphatic rings. The van der Waals surface area contributed by atoms with E-state index in [1.807, 2.05) is 35.4 Å². The number of hydrogen-bond donors (Lipinski definition) is 3. The van der Waals surface area contributed by atoms with E-state index < -0.39 is 0 Å². The molecule has 0 radical (unpaired) electrons. The molecule has 0 saturated carbocycles. The van der Waals surface area contributed by atoms with Crippen LogP contribution < -0.4 is 16.6 Å². The summed E-state index contributed by atoms with van der Waals surface area (Å²) in [5.41, 5.74) is 6.85. The minimum absolute atomic E-state index is 0.0628. The Labute approximate surface area is 205 Å². The monoisotopic (exact) mass is 479 g/mol. The maximum absolute atomic E-state index is 13.0. The maximum atomic E-state index is 13.0. The average molecular weight is 480 g/mol. The third kappa shape index (κ3) is 5.47. The molecule has 178 valence electrons. The van der Waals surface area contributed by atoms with Gasteiger partial charge in [0, 0.05) is 65.5 Å². The molecule has 8 nitrogen and oxygen atoms in total. The number of carbonyl (C=O) groups is 1. The second-order valence-electron chi connectivity index (χ2n) is 8.75. The highest BCUT2D eigenvalue weighted by Gasteiger charge is 2.35. The van der Waals surface area contributed by atoms with Crippen molar-refractivity contribution >= 4 is 29.1 Å². The number of hydrazine groups is 1. The molecule has 1 aromatic carbocycles. The number of piperidine rings is 1. The van der Waals surface area contributed by atoms with Gasteiger partial charge in [0.25, 0.3) is 5.91 Å². The maximum Gasteiger partial charge on any atom is 0.254 e. The Hall–Kier alpha value is -3.20. The Morgan fingerprint density at radius 2 is 2.00 bits per heavy atom. The number of nitrogens with two attached hydrogens (primary N) is 1. The van der Waals surface area contributed by atoms with Gasteiger partial charge < -0.3 is 15.6 Å². The number of nitrogens with zero attached hydrogens (tertiary/aromatic N) is 4. The molecule has 34 heavy (non-hydrogen) atoms. The van der Waals surface area contributed by atoms with Gasteiger partial charge in [-0.05, 0) is 56.2 Å². The molecule has 0 spiro atoms. The van der Waals surface area contributed by atoms with Crippen LogP contribution in [0.15, 0.2) is 66.5 Å². The largest absolute Gasteiger partial charge is 0.336 e. The molecule has 2 atom stereocenters. The molecule has 2 aromatic rings. The Kier molecular flexibility index (Phi) is 7.31. The van der Waals surface area contributed by atoms with E-state index in [1.54, 1.807) is 12.2 Å². The molecule has 4 rings (SSSR count). The zero-order chi connectivity index (χ0) is 24.2. The van der Waals surface area contributed by atoms with Crippen molar-refractivity contribution in [2.24, 2.45) is 5.84 Å². The molecular weight excluding hydrogens is 450 g/mol. The van der Waals surface area contributed by atoms with Crippen LogP contribution in [0.1, 0.15) is 41.4 Å². The summed E-state index contributed by atoms with van der Waals surface area (Å²) in [6.45, 7) is 12.0. The number of halogens is 1. The van der Waals surface area contributed by atoms with Gasteiger partial charge in [-0.15, -0.1) is 0 Å². The Morgan fingerprint density at radius 1 is 1.24 bits per heavy atom. The second kappa shape index (κ2) is 10.4. The van der Waals surface area contributed by atoms with Crippen LogP contribution in [0.2, 0.25) is 0 Å². The van der Waals surface area contributed by atoms with Crippen molar-refractivity contribution in [2.45, 2.75) is 44.9 Å². The molecule has 2 aliphatic heterocycles. The third-order valence-electron chi connectivity index (χ3n) is 6.34. The first-order valence-corrected chi connectivity index (χ1v) is 11.7. The Morgan fingerprint density at radius 3 is 2.68 bits per heavy atom. The minimum Gasteiger partial charge on any atom is -0.336 e. The smallest absolute Gasteiger partial charge is 0.254 e. The minimum atomic E-state index is 0.0628. The molecule has 0 bridgehead atoms. The summed E-state index contributed by atoms with van der Waals surface area (Å²) in [5, 5.41) is 3.52. The molecule has 0 aliphatic carbocycles. The molecule has 0 unspecified atom stereocenters.